The number of carboxylic acid groups (broad SMARTS) is 1. The lowest BCUT2D eigenvalue weighted by molar-refractivity contribution is -0.141. The number of aliphatic carboxylic acids is 1. The van der Waals surface area contributed by atoms with Gasteiger partial charge in [-0.05, 0) is 30.9 Å². The van der Waals surface area contributed by atoms with Crippen LogP contribution in [0, 0.1) is 5.92 Å². The van der Waals surface area contributed by atoms with Crippen molar-refractivity contribution < 1.29 is 14.7 Å². The van der Waals surface area contributed by atoms with E-state index >= 15 is 0 Å². The molecule has 5 nitrogen and oxygen atoms in total. The first-order valence-electron chi connectivity index (χ1n) is 7.70. The van der Waals surface area contributed by atoms with Crippen molar-refractivity contribution >= 4 is 22.8 Å². The van der Waals surface area contributed by atoms with Gasteiger partial charge in [-0.1, -0.05) is 18.2 Å². The molecular weight excluding hydrogens is 280 g/mol. The molecule has 1 fully saturated rings. The number of carboxylic acids is 1. The van der Waals surface area contributed by atoms with E-state index in [0.29, 0.717) is 25.9 Å². The minimum Gasteiger partial charge on any atom is -0.481 e. The number of aromatic amines is 1. The first-order chi connectivity index (χ1) is 10.6. The van der Waals surface area contributed by atoms with E-state index in [9.17, 15) is 9.59 Å². The average Bonchev–Trinajstić information content (AvgIpc) is 3.14. The third-order valence-electron chi connectivity index (χ3n) is 4.40. The van der Waals surface area contributed by atoms with Crippen LogP contribution in [-0.2, 0) is 16.0 Å². The van der Waals surface area contributed by atoms with Gasteiger partial charge in [0.15, 0.2) is 0 Å². The summed E-state index contributed by atoms with van der Waals surface area (Å²) in [7, 11) is 0. The summed E-state index contributed by atoms with van der Waals surface area (Å²) in [6.07, 6.45) is 4.70. The molecule has 116 valence electrons. The second-order valence-electron chi connectivity index (χ2n) is 5.88. The summed E-state index contributed by atoms with van der Waals surface area (Å²) in [5.41, 5.74) is 2.35. The van der Waals surface area contributed by atoms with E-state index in [1.165, 1.54) is 10.9 Å². The Morgan fingerprint density at radius 3 is 2.91 bits per heavy atom. The molecule has 1 atom stereocenters. The zero-order chi connectivity index (χ0) is 15.5. The fraction of sp³-hybridized carbons (Fsp3) is 0.412. The normalized spacial score (nSPS) is 18.0. The molecule has 3 rings (SSSR count). The maximum absolute atomic E-state index is 12.1. The Kier molecular flexibility index (Phi) is 4.13. The standard InChI is InChI=1S/C17H20N2O3/c20-16(19-9-8-13(11-19)17(21)22)7-3-4-12-10-18-15-6-2-1-5-14(12)15/h1-2,5-6,10,13,18H,3-4,7-9,11H2,(H,21,22). The molecule has 1 aromatic heterocycles. The number of hydrogen-bond acceptors (Lipinski definition) is 2. The Balaban J connectivity index is 1.51. The summed E-state index contributed by atoms with van der Waals surface area (Å²) in [5.74, 6) is -1.12. The number of nitrogens with one attached hydrogen (secondary N) is 1. The second kappa shape index (κ2) is 6.22. The van der Waals surface area contributed by atoms with E-state index in [-0.39, 0.29) is 5.91 Å². The van der Waals surface area contributed by atoms with E-state index in [1.54, 1.807) is 4.90 Å². The van der Waals surface area contributed by atoms with Crippen LogP contribution in [0.5, 0.6) is 0 Å². The molecule has 0 spiro atoms. The highest BCUT2D eigenvalue weighted by atomic mass is 16.4. The summed E-state index contributed by atoms with van der Waals surface area (Å²) in [6, 6.07) is 8.14. The number of likely N-dealkylation sites (tertiary alicyclic amines) is 1. The van der Waals surface area contributed by atoms with Gasteiger partial charge in [0.1, 0.15) is 0 Å². The maximum atomic E-state index is 12.1. The number of aromatic nitrogens is 1. The number of carbonyl (C=O) groups is 2. The van der Waals surface area contributed by atoms with E-state index < -0.39 is 11.9 Å². The van der Waals surface area contributed by atoms with Gasteiger partial charge in [-0.25, -0.2) is 0 Å². The molecule has 22 heavy (non-hydrogen) atoms. The molecule has 1 saturated heterocycles. The van der Waals surface area contributed by atoms with Crippen molar-refractivity contribution in [1.82, 2.24) is 9.88 Å². The van der Waals surface area contributed by atoms with Crippen LogP contribution in [0.4, 0.5) is 0 Å². The SMILES string of the molecule is O=C(O)C1CCN(C(=O)CCCc2c[nH]c3ccccc23)C1. The molecule has 0 bridgehead atoms. The highest BCUT2D eigenvalue weighted by Gasteiger charge is 2.30. The van der Waals surface area contributed by atoms with Crippen LogP contribution >= 0.6 is 0 Å². The third-order valence-corrected chi connectivity index (χ3v) is 4.40. The largest absolute Gasteiger partial charge is 0.481 e. The van der Waals surface area contributed by atoms with Gasteiger partial charge in [0.2, 0.25) is 5.91 Å². The van der Waals surface area contributed by atoms with Crippen molar-refractivity contribution in [2.45, 2.75) is 25.7 Å². The van der Waals surface area contributed by atoms with Gasteiger partial charge < -0.3 is 15.0 Å². The number of rotatable bonds is 5. The minimum atomic E-state index is -0.797. The molecule has 5 heteroatoms. The zero-order valence-electron chi connectivity index (χ0n) is 12.4. The fourth-order valence-electron chi connectivity index (χ4n) is 3.11. The molecule has 1 aliphatic heterocycles. The second-order valence-corrected chi connectivity index (χ2v) is 5.88. The third kappa shape index (κ3) is 2.98. The molecule has 2 aromatic rings. The first-order valence-corrected chi connectivity index (χ1v) is 7.70. The molecule has 1 unspecified atom stereocenters. The van der Waals surface area contributed by atoms with Crippen molar-refractivity contribution in [1.29, 1.82) is 0 Å². The van der Waals surface area contributed by atoms with Gasteiger partial charge in [0.25, 0.3) is 0 Å². The molecule has 0 radical (unpaired) electrons. The monoisotopic (exact) mass is 300 g/mol. The number of amides is 1. The van der Waals surface area contributed by atoms with Gasteiger partial charge in [0.05, 0.1) is 5.92 Å². The van der Waals surface area contributed by atoms with Crippen molar-refractivity contribution in [2.24, 2.45) is 5.92 Å². The molecule has 1 amide bonds. The van der Waals surface area contributed by atoms with Crippen molar-refractivity contribution in [3.63, 3.8) is 0 Å². The maximum Gasteiger partial charge on any atom is 0.308 e. The molecule has 2 N–H and O–H groups in total. The number of aryl methyl sites for hydroxylation is 1. The predicted molar refractivity (Wildman–Crippen MR) is 83.6 cm³/mol. The van der Waals surface area contributed by atoms with Crippen LogP contribution in [0.1, 0.15) is 24.8 Å². The Morgan fingerprint density at radius 1 is 1.32 bits per heavy atom. The average molecular weight is 300 g/mol. The Hall–Kier alpha value is -2.30. The summed E-state index contributed by atoms with van der Waals surface area (Å²) < 4.78 is 0. The van der Waals surface area contributed by atoms with E-state index in [4.69, 9.17) is 5.11 Å². The Labute approximate surface area is 128 Å². The molecule has 1 aromatic carbocycles. The van der Waals surface area contributed by atoms with Gasteiger partial charge in [0, 0.05) is 36.6 Å². The van der Waals surface area contributed by atoms with Crippen LogP contribution < -0.4 is 0 Å². The smallest absolute Gasteiger partial charge is 0.308 e. The number of fused-ring (bicyclic) bond motifs is 1. The topological polar surface area (TPSA) is 73.4 Å². The van der Waals surface area contributed by atoms with Gasteiger partial charge in [-0.3, -0.25) is 9.59 Å². The first kappa shape index (κ1) is 14.6. The summed E-state index contributed by atoms with van der Waals surface area (Å²) in [4.78, 5) is 28.0. The Bertz CT molecular complexity index is 692. The van der Waals surface area contributed by atoms with E-state index in [0.717, 1.165) is 18.4 Å². The Morgan fingerprint density at radius 2 is 2.14 bits per heavy atom. The van der Waals surface area contributed by atoms with Gasteiger partial charge in [-0.15, -0.1) is 0 Å². The zero-order valence-corrected chi connectivity index (χ0v) is 12.4. The van der Waals surface area contributed by atoms with Crippen molar-refractivity contribution in [3.05, 3.63) is 36.0 Å². The molecular formula is C17H20N2O3. The number of hydrogen-bond donors (Lipinski definition) is 2. The fourth-order valence-corrected chi connectivity index (χ4v) is 3.11. The van der Waals surface area contributed by atoms with Gasteiger partial charge >= 0.3 is 5.97 Å². The minimum absolute atomic E-state index is 0.0728. The summed E-state index contributed by atoms with van der Waals surface area (Å²) in [5, 5.41) is 10.2. The quantitative estimate of drug-likeness (QED) is 0.890. The van der Waals surface area contributed by atoms with Crippen LogP contribution in [0.2, 0.25) is 0 Å². The molecule has 0 aliphatic carbocycles. The highest BCUT2D eigenvalue weighted by Crippen LogP contribution is 2.21. The number of carbonyl (C=O) groups excluding carboxylic acids is 1. The molecule has 0 saturated carbocycles. The molecule has 1 aliphatic rings. The highest BCUT2D eigenvalue weighted by molar-refractivity contribution is 5.83. The lowest BCUT2D eigenvalue weighted by Crippen LogP contribution is -2.29. The predicted octanol–water partition coefficient (Wildman–Crippen LogP) is 2.42. The van der Waals surface area contributed by atoms with Crippen LogP contribution in [-0.4, -0.2) is 40.0 Å². The van der Waals surface area contributed by atoms with Gasteiger partial charge in [-0.2, -0.15) is 0 Å². The number of para-hydroxylation sites is 1. The lowest BCUT2D eigenvalue weighted by atomic mass is 10.1. The van der Waals surface area contributed by atoms with E-state index in [2.05, 4.69) is 11.1 Å². The number of nitrogens with zero attached hydrogens (tertiary/aromatic N) is 1. The van der Waals surface area contributed by atoms with Crippen molar-refractivity contribution in [2.75, 3.05) is 13.1 Å². The van der Waals surface area contributed by atoms with Crippen LogP contribution in [0.25, 0.3) is 10.9 Å². The van der Waals surface area contributed by atoms with Crippen LogP contribution in [0.15, 0.2) is 30.5 Å². The lowest BCUT2D eigenvalue weighted by Gasteiger charge is -2.15. The van der Waals surface area contributed by atoms with E-state index in [1.807, 2.05) is 24.4 Å². The van der Waals surface area contributed by atoms with Crippen LogP contribution in [0.3, 0.4) is 0 Å². The summed E-state index contributed by atoms with van der Waals surface area (Å²) in [6.45, 7) is 0.935. The summed E-state index contributed by atoms with van der Waals surface area (Å²) >= 11 is 0. The molecule has 2 heterocycles. The number of H-pyrrole nitrogens is 1. The number of benzene rings is 1. The van der Waals surface area contributed by atoms with Crippen molar-refractivity contribution in [3.8, 4) is 0 Å².